The lowest BCUT2D eigenvalue weighted by Gasteiger charge is -2.23. The number of carboxylic acids is 1. The summed E-state index contributed by atoms with van der Waals surface area (Å²) in [5.74, 6) is -0.310. The number of aromatic carboxylic acids is 1. The Hall–Kier alpha value is -2.37. The lowest BCUT2D eigenvalue weighted by atomic mass is 9.86. The first-order valence-electron chi connectivity index (χ1n) is 11.2. The summed E-state index contributed by atoms with van der Waals surface area (Å²) < 4.78 is 20.6. The van der Waals surface area contributed by atoms with E-state index in [0.717, 1.165) is 44.1 Å². The maximum absolute atomic E-state index is 14.3. The fourth-order valence-corrected chi connectivity index (χ4v) is 5.87. The molecule has 2 aromatic carbocycles. The molecule has 2 aliphatic carbocycles. The number of rotatable bonds is 5. The molecule has 2 aromatic rings. The van der Waals surface area contributed by atoms with Gasteiger partial charge >= 0.3 is 5.97 Å². The Labute approximate surface area is 191 Å². The van der Waals surface area contributed by atoms with Gasteiger partial charge in [0.05, 0.1) is 16.7 Å². The number of ether oxygens (including phenoxy) is 1. The standard InChI is InChI=1S/C26H26ClFO4/c27-23-18(25(30)31)10-6-16-5-9-17-15(7-11-21(17)32-24(16)23)8-12-22(29)26(13-14-26)19-3-1-2-4-20(19)28/h1-4,6,8,10,12,15,17,21-22,29H,5,7,9,11,13-14H2,(H,30,31)/b12-8+/t15-,17-,21+,22?/m1/s1. The zero-order valence-corrected chi connectivity index (χ0v) is 18.4. The second-order valence-corrected chi connectivity index (χ2v) is 9.66. The lowest BCUT2D eigenvalue weighted by Crippen LogP contribution is -2.26. The second-order valence-electron chi connectivity index (χ2n) is 9.29. The molecule has 1 unspecified atom stereocenters. The van der Waals surface area contributed by atoms with Crippen LogP contribution in [0, 0.1) is 17.7 Å². The molecule has 2 fully saturated rings. The Bertz CT molecular complexity index is 1080. The third-order valence-corrected chi connectivity index (χ3v) is 7.92. The predicted octanol–water partition coefficient (Wildman–Crippen LogP) is 5.55. The molecule has 0 amide bonds. The maximum Gasteiger partial charge on any atom is 0.337 e. The molecule has 4 nitrogen and oxygen atoms in total. The van der Waals surface area contributed by atoms with Crippen molar-refractivity contribution < 1.29 is 24.1 Å². The fourth-order valence-electron chi connectivity index (χ4n) is 5.56. The van der Waals surface area contributed by atoms with E-state index in [1.807, 2.05) is 12.1 Å². The molecule has 3 aliphatic rings. The molecular weight excluding hydrogens is 431 g/mol. The van der Waals surface area contributed by atoms with Gasteiger partial charge in [0.15, 0.2) is 0 Å². The van der Waals surface area contributed by atoms with Crippen LogP contribution in [-0.4, -0.2) is 28.4 Å². The zero-order chi connectivity index (χ0) is 22.5. The summed E-state index contributed by atoms with van der Waals surface area (Å²) >= 11 is 6.37. The highest BCUT2D eigenvalue weighted by Gasteiger charge is 2.51. The molecule has 0 saturated heterocycles. The maximum atomic E-state index is 14.3. The molecule has 1 aliphatic heterocycles. The number of halogens is 2. The van der Waals surface area contributed by atoms with Crippen LogP contribution in [0.4, 0.5) is 4.39 Å². The number of carboxylic acid groups (broad SMARTS) is 1. The molecule has 2 saturated carbocycles. The number of fused-ring (bicyclic) bond motifs is 2. The average molecular weight is 457 g/mol. The minimum absolute atomic E-state index is 0.0361. The number of carbonyl (C=O) groups is 1. The highest BCUT2D eigenvalue weighted by atomic mass is 35.5. The molecule has 5 rings (SSSR count). The van der Waals surface area contributed by atoms with Crippen LogP contribution >= 0.6 is 11.6 Å². The third-order valence-electron chi connectivity index (χ3n) is 7.54. The number of aliphatic hydroxyl groups is 1. The zero-order valence-electron chi connectivity index (χ0n) is 17.6. The lowest BCUT2D eigenvalue weighted by molar-refractivity contribution is 0.0696. The van der Waals surface area contributed by atoms with Gasteiger partial charge in [-0.05, 0) is 67.7 Å². The van der Waals surface area contributed by atoms with Crippen LogP contribution in [0.3, 0.4) is 0 Å². The van der Waals surface area contributed by atoms with Gasteiger partial charge in [-0.25, -0.2) is 9.18 Å². The topological polar surface area (TPSA) is 66.8 Å². The number of aliphatic hydroxyl groups excluding tert-OH is 1. The molecule has 0 spiro atoms. The predicted molar refractivity (Wildman–Crippen MR) is 120 cm³/mol. The number of hydrogen-bond acceptors (Lipinski definition) is 3. The molecule has 32 heavy (non-hydrogen) atoms. The summed E-state index contributed by atoms with van der Waals surface area (Å²) in [6.45, 7) is 0. The van der Waals surface area contributed by atoms with Crippen molar-refractivity contribution in [1.82, 2.24) is 0 Å². The Morgan fingerprint density at radius 1 is 1.19 bits per heavy atom. The summed E-state index contributed by atoms with van der Waals surface area (Å²) in [5.41, 5.74) is 1.08. The summed E-state index contributed by atoms with van der Waals surface area (Å²) in [4.78, 5) is 11.4. The number of benzene rings is 2. The minimum atomic E-state index is -1.06. The first-order valence-corrected chi connectivity index (χ1v) is 11.6. The van der Waals surface area contributed by atoms with Crippen LogP contribution in [-0.2, 0) is 11.8 Å². The summed E-state index contributed by atoms with van der Waals surface area (Å²) in [6.07, 6.45) is 8.17. The van der Waals surface area contributed by atoms with Crippen LogP contribution in [0.25, 0.3) is 0 Å². The molecule has 168 valence electrons. The van der Waals surface area contributed by atoms with Crippen molar-refractivity contribution in [3.63, 3.8) is 0 Å². The highest BCUT2D eigenvalue weighted by Crippen LogP contribution is 2.52. The van der Waals surface area contributed by atoms with Crippen molar-refractivity contribution in [2.45, 2.75) is 56.1 Å². The summed E-state index contributed by atoms with van der Waals surface area (Å²) in [7, 11) is 0. The van der Waals surface area contributed by atoms with Gasteiger partial charge in [0.25, 0.3) is 0 Å². The van der Waals surface area contributed by atoms with Gasteiger partial charge in [0.1, 0.15) is 17.7 Å². The van der Waals surface area contributed by atoms with Crippen LogP contribution in [0.5, 0.6) is 5.75 Å². The number of hydrogen-bond donors (Lipinski definition) is 2. The molecule has 0 radical (unpaired) electrons. The van der Waals surface area contributed by atoms with Crippen molar-refractivity contribution in [2.75, 3.05) is 0 Å². The van der Waals surface area contributed by atoms with Gasteiger partial charge in [0, 0.05) is 11.3 Å². The number of aryl methyl sites for hydroxylation is 1. The van der Waals surface area contributed by atoms with Crippen LogP contribution < -0.4 is 4.74 Å². The van der Waals surface area contributed by atoms with Gasteiger partial charge in [-0.15, -0.1) is 0 Å². The fraction of sp³-hybridized carbons (Fsp3) is 0.423. The molecule has 2 N–H and O–H groups in total. The van der Waals surface area contributed by atoms with Gasteiger partial charge in [-0.1, -0.05) is 48.0 Å². The van der Waals surface area contributed by atoms with Crippen molar-refractivity contribution in [3.05, 3.63) is 76.1 Å². The monoisotopic (exact) mass is 456 g/mol. The van der Waals surface area contributed by atoms with E-state index in [2.05, 4.69) is 6.08 Å². The van der Waals surface area contributed by atoms with Gasteiger partial charge in [0.2, 0.25) is 0 Å². The smallest absolute Gasteiger partial charge is 0.337 e. The van der Waals surface area contributed by atoms with Crippen molar-refractivity contribution >= 4 is 17.6 Å². The van der Waals surface area contributed by atoms with E-state index in [9.17, 15) is 19.4 Å². The first kappa shape index (κ1) is 21.5. The number of allylic oxidation sites excluding steroid dienone is 1. The average Bonchev–Trinajstić information content (AvgIpc) is 3.52. The Morgan fingerprint density at radius 3 is 2.69 bits per heavy atom. The second kappa shape index (κ2) is 8.20. The molecular formula is C26H26ClFO4. The molecule has 0 aromatic heterocycles. The van der Waals surface area contributed by atoms with E-state index in [-0.39, 0.29) is 34.3 Å². The Kier molecular flexibility index (Phi) is 5.50. The van der Waals surface area contributed by atoms with E-state index in [1.165, 1.54) is 6.07 Å². The van der Waals surface area contributed by atoms with Gasteiger partial charge < -0.3 is 14.9 Å². The van der Waals surface area contributed by atoms with Crippen LogP contribution in [0.2, 0.25) is 5.02 Å². The summed E-state index contributed by atoms with van der Waals surface area (Å²) in [6, 6.07) is 10.1. The quantitative estimate of drug-likeness (QED) is 0.579. The van der Waals surface area contributed by atoms with Crippen molar-refractivity contribution in [1.29, 1.82) is 0 Å². The molecule has 6 heteroatoms. The highest BCUT2D eigenvalue weighted by molar-refractivity contribution is 6.35. The largest absolute Gasteiger partial charge is 0.488 e. The Balaban J connectivity index is 1.32. The van der Waals surface area contributed by atoms with E-state index in [0.29, 0.717) is 11.3 Å². The molecule has 1 heterocycles. The van der Waals surface area contributed by atoms with E-state index < -0.39 is 17.5 Å². The van der Waals surface area contributed by atoms with Crippen LogP contribution in [0.15, 0.2) is 48.6 Å². The van der Waals surface area contributed by atoms with Crippen molar-refractivity contribution in [2.24, 2.45) is 11.8 Å². The van der Waals surface area contributed by atoms with E-state index in [1.54, 1.807) is 24.3 Å². The Morgan fingerprint density at radius 2 is 1.97 bits per heavy atom. The minimum Gasteiger partial charge on any atom is -0.488 e. The van der Waals surface area contributed by atoms with E-state index >= 15 is 0 Å². The third kappa shape index (κ3) is 3.61. The van der Waals surface area contributed by atoms with E-state index in [4.69, 9.17) is 16.3 Å². The van der Waals surface area contributed by atoms with Gasteiger partial charge in [-0.3, -0.25) is 0 Å². The normalized spacial score (nSPS) is 26.7. The summed E-state index contributed by atoms with van der Waals surface area (Å²) in [5, 5.41) is 20.5. The first-order chi connectivity index (χ1) is 15.4. The molecule has 4 atom stereocenters. The van der Waals surface area contributed by atoms with Crippen molar-refractivity contribution in [3.8, 4) is 5.75 Å². The van der Waals surface area contributed by atoms with Crippen LogP contribution in [0.1, 0.15) is 53.6 Å². The SMILES string of the molecule is O=C(O)c1ccc2c(c1Cl)O[C@H]1CC[C@H](/C=C/C(O)C3(c4ccccc4F)CC3)[C@H]1CC2. The molecule has 0 bridgehead atoms. The van der Waals surface area contributed by atoms with Gasteiger partial charge in [-0.2, -0.15) is 0 Å².